The van der Waals surface area contributed by atoms with E-state index >= 15 is 0 Å². The fraction of sp³-hybridized carbons (Fsp3) is 0.381. The van der Waals surface area contributed by atoms with Crippen molar-refractivity contribution < 1.29 is 9.32 Å². The molecule has 2 aromatic heterocycles. The van der Waals surface area contributed by atoms with E-state index in [4.69, 9.17) is 4.52 Å². The average molecular weight is 414 g/mol. The van der Waals surface area contributed by atoms with Crippen molar-refractivity contribution in [3.8, 4) is 0 Å². The number of aromatic nitrogens is 2. The Morgan fingerprint density at radius 3 is 2.96 bits per heavy atom. The minimum atomic E-state index is 0.114. The van der Waals surface area contributed by atoms with Crippen LogP contribution in [0.25, 0.3) is 0 Å². The quantitative estimate of drug-likeness (QED) is 0.547. The maximum Gasteiger partial charge on any atom is 0.255 e. The van der Waals surface area contributed by atoms with Crippen LogP contribution in [-0.2, 0) is 5.75 Å². The number of benzene rings is 1. The molecule has 1 saturated heterocycles. The molecule has 1 aromatic carbocycles. The van der Waals surface area contributed by atoms with Crippen molar-refractivity contribution in [2.24, 2.45) is 0 Å². The van der Waals surface area contributed by atoms with E-state index in [0.717, 1.165) is 64.2 Å². The minimum Gasteiger partial charge on any atom is -0.361 e. The SMILES string of the molecule is Cc1noc(C)c1CSc1ccccc1C(=O)N1CCCC(c2nccs2)C1. The highest BCUT2D eigenvalue weighted by Crippen LogP contribution is 2.32. The Morgan fingerprint density at radius 2 is 2.21 bits per heavy atom. The summed E-state index contributed by atoms with van der Waals surface area (Å²) in [6.07, 6.45) is 3.96. The van der Waals surface area contributed by atoms with Crippen LogP contribution < -0.4 is 0 Å². The first-order chi connectivity index (χ1) is 13.6. The van der Waals surface area contributed by atoms with E-state index in [1.54, 1.807) is 23.1 Å². The highest BCUT2D eigenvalue weighted by atomic mass is 32.2. The van der Waals surface area contributed by atoms with Crippen LogP contribution in [0, 0.1) is 13.8 Å². The van der Waals surface area contributed by atoms with Gasteiger partial charge in [0.15, 0.2) is 0 Å². The second-order valence-electron chi connectivity index (χ2n) is 7.05. The lowest BCUT2D eigenvalue weighted by atomic mass is 9.98. The van der Waals surface area contributed by atoms with Gasteiger partial charge in [-0.15, -0.1) is 23.1 Å². The summed E-state index contributed by atoms with van der Waals surface area (Å²) >= 11 is 3.35. The number of carbonyl (C=O) groups excluding carboxylic acids is 1. The Morgan fingerprint density at radius 1 is 1.36 bits per heavy atom. The molecule has 28 heavy (non-hydrogen) atoms. The molecular weight excluding hydrogens is 390 g/mol. The number of nitrogens with zero attached hydrogens (tertiary/aromatic N) is 3. The van der Waals surface area contributed by atoms with Gasteiger partial charge in [-0.2, -0.15) is 0 Å². The number of likely N-dealkylation sites (tertiary alicyclic amines) is 1. The molecule has 0 spiro atoms. The molecule has 1 unspecified atom stereocenters. The number of hydrogen-bond donors (Lipinski definition) is 0. The molecule has 7 heteroatoms. The zero-order chi connectivity index (χ0) is 19.5. The lowest BCUT2D eigenvalue weighted by Crippen LogP contribution is -2.39. The predicted molar refractivity (Wildman–Crippen MR) is 112 cm³/mol. The molecule has 1 fully saturated rings. The van der Waals surface area contributed by atoms with Crippen molar-refractivity contribution in [2.45, 2.75) is 43.3 Å². The third-order valence-corrected chi connectivity index (χ3v) is 7.22. The number of aryl methyl sites for hydroxylation is 2. The molecular formula is C21H23N3O2S2. The zero-order valence-electron chi connectivity index (χ0n) is 16.1. The summed E-state index contributed by atoms with van der Waals surface area (Å²) < 4.78 is 5.26. The van der Waals surface area contributed by atoms with Gasteiger partial charge in [0.1, 0.15) is 5.76 Å². The van der Waals surface area contributed by atoms with E-state index in [0.29, 0.717) is 5.92 Å². The maximum atomic E-state index is 13.3. The van der Waals surface area contributed by atoms with Gasteiger partial charge in [-0.05, 0) is 38.8 Å². The van der Waals surface area contributed by atoms with Crippen LogP contribution >= 0.6 is 23.1 Å². The zero-order valence-corrected chi connectivity index (χ0v) is 17.7. The molecule has 1 atom stereocenters. The molecule has 0 saturated carbocycles. The van der Waals surface area contributed by atoms with Gasteiger partial charge in [0.2, 0.25) is 0 Å². The van der Waals surface area contributed by atoms with Crippen molar-refractivity contribution in [1.82, 2.24) is 15.0 Å². The molecule has 0 radical (unpaired) electrons. The van der Waals surface area contributed by atoms with Crippen molar-refractivity contribution in [2.75, 3.05) is 13.1 Å². The summed E-state index contributed by atoms with van der Waals surface area (Å²) in [6.45, 7) is 5.44. The van der Waals surface area contributed by atoms with E-state index in [9.17, 15) is 4.79 Å². The number of carbonyl (C=O) groups is 1. The number of thioether (sulfide) groups is 1. The van der Waals surface area contributed by atoms with Crippen molar-refractivity contribution in [3.05, 3.63) is 63.4 Å². The Kier molecular flexibility index (Phi) is 5.82. The van der Waals surface area contributed by atoms with Crippen LogP contribution in [0.15, 0.2) is 45.3 Å². The Labute approximate surface area is 173 Å². The van der Waals surface area contributed by atoms with Crippen LogP contribution in [0.4, 0.5) is 0 Å². The predicted octanol–water partition coefficient (Wildman–Crippen LogP) is 5.06. The lowest BCUT2D eigenvalue weighted by molar-refractivity contribution is 0.0703. The summed E-state index contributed by atoms with van der Waals surface area (Å²) in [6, 6.07) is 7.89. The maximum absolute atomic E-state index is 13.3. The van der Waals surface area contributed by atoms with Gasteiger partial charge in [0, 0.05) is 46.8 Å². The molecule has 3 heterocycles. The first kappa shape index (κ1) is 19.2. The Bertz CT molecular complexity index is 933. The van der Waals surface area contributed by atoms with Gasteiger partial charge >= 0.3 is 0 Å². The summed E-state index contributed by atoms with van der Waals surface area (Å²) in [5.41, 5.74) is 2.80. The monoisotopic (exact) mass is 413 g/mol. The topological polar surface area (TPSA) is 59.2 Å². The number of thiazole rings is 1. The molecule has 1 aliphatic heterocycles. The van der Waals surface area contributed by atoms with Crippen LogP contribution in [-0.4, -0.2) is 34.0 Å². The number of hydrogen-bond acceptors (Lipinski definition) is 6. The van der Waals surface area contributed by atoms with E-state index < -0.39 is 0 Å². The molecule has 146 valence electrons. The third kappa shape index (κ3) is 4.00. The van der Waals surface area contributed by atoms with E-state index in [2.05, 4.69) is 10.1 Å². The van der Waals surface area contributed by atoms with E-state index in [-0.39, 0.29) is 5.91 Å². The second kappa shape index (κ2) is 8.49. The first-order valence-corrected chi connectivity index (χ1v) is 11.3. The van der Waals surface area contributed by atoms with Crippen LogP contribution in [0.3, 0.4) is 0 Å². The van der Waals surface area contributed by atoms with E-state index in [1.165, 1.54) is 0 Å². The second-order valence-corrected chi connectivity index (χ2v) is 8.99. The van der Waals surface area contributed by atoms with Gasteiger partial charge in [-0.3, -0.25) is 4.79 Å². The smallest absolute Gasteiger partial charge is 0.255 e. The number of piperidine rings is 1. The molecule has 4 rings (SSSR count). The molecule has 0 aliphatic carbocycles. The summed E-state index contributed by atoms with van der Waals surface area (Å²) in [5, 5.41) is 7.17. The van der Waals surface area contributed by atoms with E-state index in [1.807, 2.05) is 54.6 Å². The van der Waals surface area contributed by atoms with Crippen molar-refractivity contribution in [3.63, 3.8) is 0 Å². The molecule has 3 aromatic rings. The molecule has 0 N–H and O–H groups in total. The summed E-state index contributed by atoms with van der Waals surface area (Å²) in [5.74, 6) is 2.05. The van der Waals surface area contributed by atoms with Gasteiger partial charge in [-0.1, -0.05) is 17.3 Å². The van der Waals surface area contributed by atoms with Gasteiger partial charge in [0.25, 0.3) is 5.91 Å². The highest BCUT2D eigenvalue weighted by Gasteiger charge is 2.28. The fourth-order valence-corrected chi connectivity index (χ4v) is 5.56. The highest BCUT2D eigenvalue weighted by molar-refractivity contribution is 7.98. The van der Waals surface area contributed by atoms with Crippen LogP contribution in [0.1, 0.15) is 51.1 Å². The van der Waals surface area contributed by atoms with Gasteiger partial charge in [-0.25, -0.2) is 4.98 Å². The first-order valence-electron chi connectivity index (χ1n) is 9.45. The Balaban J connectivity index is 1.50. The Hall–Kier alpha value is -2.12. The molecule has 1 aliphatic rings. The molecule has 0 bridgehead atoms. The van der Waals surface area contributed by atoms with Crippen LogP contribution in [0.2, 0.25) is 0 Å². The fourth-order valence-electron chi connectivity index (χ4n) is 3.60. The average Bonchev–Trinajstić information content (AvgIpc) is 3.37. The summed E-state index contributed by atoms with van der Waals surface area (Å²) in [7, 11) is 0. The summed E-state index contributed by atoms with van der Waals surface area (Å²) in [4.78, 5) is 20.8. The third-order valence-electron chi connectivity index (χ3n) is 5.18. The lowest BCUT2D eigenvalue weighted by Gasteiger charge is -2.32. The molecule has 5 nitrogen and oxygen atoms in total. The number of rotatable bonds is 5. The normalized spacial score (nSPS) is 17.1. The minimum absolute atomic E-state index is 0.114. The van der Waals surface area contributed by atoms with Crippen LogP contribution in [0.5, 0.6) is 0 Å². The molecule has 1 amide bonds. The largest absolute Gasteiger partial charge is 0.361 e. The van der Waals surface area contributed by atoms with Gasteiger partial charge in [0.05, 0.1) is 16.3 Å². The van der Waals surface area contributed by atoms with Crippen molar-refractivity contribution in [1.29, 1.82) is 0 Å². The number of amides is 1. The van der Waals surface area contributed by atoms with Gasteiger partial charge < -0.3 is 9.42 Å². The standard InChI is InChI=1S/C21H23N3O2S2/c1-14-18(15(2)26-23-14)13-28-19-8-4-3-7-17(19)21(25)24-10-5-6-16(12-24)20-22-9-11-27-20/h3-4,7-9,11,16H,5-6,10,12-13H2,1-2H3. The van der Waals surface area contributed by atoms with Crippen molar-refractivity contribution >= 4 is 29.0 Å².